The van der Waals surface area contributed by atoms with Gasteiger partial charge in [0.05, 0.1) is 17.6 Å². The van der Waals surface area contributed by atoms with Crippen LogP contribution in [0.5, 0.6) is 0 Å². The van der Waals surface area contributed by atoms with Gasteiger partial charge in [-0.1, -0.05) is 121 Å². The second kappa shape index (κ2) is 11.9. The number of hydrogen-bond donors (Lipinski definition) is 0. The van der Waals surface area contributed by atoms with Gasteiger partial charge < -0.3 is 8.98 Å². The van der Waals surface area contributed by atoms with E-state index in [9.17, 15) is 0 Å². The van der Waals surface area contributed by atoms with E-state index in [1.807, 2.05) is 42.5 Å². The molecule has 2 heterocycles. The molecule has 232 valence electrons. The van der Waals surface area contributed by atoms with Crippen LogP contribution in [-0.4, -0.2) is 17.1 Å². The van der Waals surface area contributed by atoms with Crippen molar-refractivity contribution in [1.29, 1.82) is 0 Å². The Bertz CT molecular complexity index is 2700. The second-order valence-corrected chi connectivity index (χ2v) is 12.3. The van der Waals surface area contributed by atoms with E-state index in [0.717, 1.165) is 61.0 Å². The highest BCUT2D eigenvalue weighted by Crippen LogP contribution is 2.39. The molecule has 0 aliphatic carbocycles. The van der Waals surface area contributed by atoms with Gasteiger partial charge in [0.1, 0.15) is 11.2 Å². The molecule has 2 aromatic heterocycles. The maximum Gasteiger partial charge on any atom is 0.154 e. The molecule has 9 aromatic rings. The largest absolute Gasteiger partial charge is 0.455 e. The Morgan fingerprint density at radius 3 is 2.12 bits per heavy atom. The Hall–Kier alpha value is -6.52. The summed E-state index contributed by atoms with van der Waals surface area (Å²) in [6.45, 7) is 4.26. The summed E-state index contributed by atoms with van der Waals surface area (Å²) >= 11 is 0. The van der Waals surface area contributed by atoms with Crippen molar-refractivity contribution in [2.24, 2.45) is 9.98 Å². The maximum absolute atomic E-state index is 6.40. The van der Waals surface area contributed by atoms with Crippen LogP contribution in [0.15, 0.2) is 178 Å². The van der Waals surface area contributed by atoms with Crippen LogP contribution in [0.25, 0.3) is 71.7 Å². The number of aromatic nitrogens is 1. The molecular formula is C45H31N3O. The summed E-state index contributed by atoms with van der Waals surface area (Å²) in [6, 6.07) is 57.4. The summed E-state index contributed by atoms with van der Waals surface area (Å²) in [6.07, 6.45) is 0. The predicted molar refractivity (Wildman–Crippen MR) is 205 cm³/mol. The highest BCUT2D eigenvalue weighted by molar-refractivity contribution is 6.13. The molecule has 0 amide bonds. The van der Waals surface area contributed by atoms with E-state index < -0.39 is 0 Å². The highest BCUT2D eigenvalue weighted by Gasteiger charge is 2.16. The van der Waals surface area contributed by atoms with E-state index in [4.69, 9.17) is 9.41 Å². The minimum atomic E-state index is 0.531. The molecule has 0 unspecified atom stereocenters. The van der Waals surface area contributed by atoms with Gasteiger partial charge in [0.15, 0.2) is 5.84 Å². The molecule has 9 rings (SSSR count). The number of benzene rings is 7. The van der Waals surface area contributed by atoms with Gasteiger partial charge in [-0.25, -0.2) is 4.99 Å². The quantitative estimate of drug-likeness (QED) is 0.133. The fraction of sp³-hybridized carbons (Fsp3) is 0.0222. The molecule has 0 aliphatic rings. The first-order valence-electron chi connectivity index (χ1n) is 16.5. The first kappa shape index (κ1) is 28.7. The zero-order valence-electron chi connectivity index (χ0n) is 26.8. The lowest BCUT2D eigenvalue weighted by Crippen LogP contribution is -1.97. The van der Waals surface area contributed by atoms with E-state index in [2.05, 4.69) is 138 Å². The molecule has 4 nitrogen and oxygen atoms in total. The first-order valence-corrected chi connectivity index (χ1v) is 16.5. The van der Waals surface area contributed by atoms with Crippen molar-refractivity contribution in [3.8, 4) is 27.9 Å². The molecule has 0 saturated carbocycles. The SMILES string of the molecule is C=N/C(=N\Cc1cccc(-c2ccc(-n3c4ccccc4c4cc(-c5cccc6c5oc5ccccc56)ccc43)cc2)c1)c1ccccc1. The summed E-state index contributed by atoms with van der Waals surface area (Å²) < 4.78 is 8.76. The number of nitrogens with zero attached hydrogens (tertiary/aromatic N) is 3. The normalized spacial score (nSPS) is 12.0. The average molecular weight is 630 g/mol. The van der Waals surface area contributed by atoms with Crippen LogP contribution < -0.4 is 0 Å². The molecule has 0 bridgehead atoms. The zero-order valence-corrected chi connectivity index (χ0v) is 26.8. The van der Waals surface area contributed by atoms with Gasteiger partial charge in [-0.2, -0.15) is 0 Å². The molecule has 0 fully saturated rings. The minimum Gasteiger partial charge on any atom is -0.455 e. The third-order valence-corrected chi connectivity index (χ3v) is 9.37. The fourth-order valence-corrected chi connectivity index (χ4v) is 7.03. The van der Waals surface area contributed by atoms with Crippen LogP contribution in [0, 0.1) is 0 Å². The number of fused-ring (bicyclic) bond motifs is 6. The van der Waals surface area contributed by atoms with Crippen LogP contribution in [-0.2, 0) is 6.54 Å². The number of rotatable bonds is 6. The molecule has 0 aliphatic heterocycles. The van der Waals surface area contributed by atoms with Crippen molar-refractivity contribution in [2.45, 2.75) is 6.54 Å². The van der Waals surface area contributed by atoms with Crippen molar-refractivity contribution in [3.63, 3.8) is 0 Å². The van der Waals surface area contributed by atoms with Crippen molar-refractivity contribution in [3.05, 3.63) is 175 Å². The Balaban J connectivity index is 1.07. The number of para-hydroxylation sites is 3. The molecule has 0 N–H and O–H groups in total. The van der Waals surface area contributed by atoms with Crippen molar-refractivity contribution < 1.29 is 4.42 Å². The van der Waals surface area contributed by atoms with Gasteiger partial charge in [-0.3, -0.25) is 4.99 Å². The molecule has 0 saturated heterocycles. The predicted octanol–water partition coefficient (Wildman–Crippen LogP) is 11.7. The van der Waals surface area contributed by atoms with Crippen LogP contribution in [0.4, 0.5) is 0 Å². The van der Waals surface area contributed by atoms with E-state index in [-0.39, 0.29) is 0 Å². The Labute approximate surface area is 283 Å². The van der Waals surface area contributed by atoms with Gasteiger partial charge in [0.25, 0.3) is 0 Å². The number of amidine groups is 1. The zero-order chi connectivity index (χ0) is 32.7. The minimum absolute atomic E-state index is 0.531. The molecular weight excluding hydrogens is 599 g/mol. The van der Waals surface area contributed by atoms with Gasteiger partial charge in [0.2, 0.25) is 0 Å². The van der Waals surface area contributed by atoms with Crippen LogP contribution in [0.2, 0.25) is 0 Å². The summed E-state index contributed by atoms with van der Waals surface area (Å²) in [4.78, 5) is 8.92. The lowest BCUT2D eigenvalue weighted by Gasteiger charge is -2.10. The molecule has 49 heavy (non-hydrogen) atoms. The first-order chi connectivity index (χ1) is 24.2. The highest BCUT2D eigenvalue weighted by atomic mass is 16.3. The summed E-state index contributed by atoms with van der Waals surface area (Å²) in [5.74, 6) is 0.653. The van der Waals surface area contributed by atoms with Crippen molar-refractivity contribution >= 4 is 56.3 Å². The second-order valence-electron chi connectivity index (χ2n) is 12.3. The monoisotopic (exact) mass is 629 g/mol. The lowest BCUT2D eigenvalue weighted by molar-refractivity contribution is 0.670. The Morgan fingerprint density at radius 2 is 1.27 bits per heavy atom. The molecule has 0 atom stereocenters. The average Bonchev–Trinajstić information content (AvgIpc) is 3.71. The molecule has 0 radical (unpaired) electrons. The summed E-state index contributed by atoms with van der Waals surface area (Å²) in [7, 11) is 0. The third kappa shape index (κ3) is 5.02. The topological polar surface area (TPSA) is 42.8 Å². The number of furan rings is 1. The molecule has 4 heteroatoms. The van der Waals surface area contributed by atoms with Gasteiger partial charge in [-0.15, -0.1) is 0 Å². The van der Waals surface area contributed by atoms with Crippen molar-refractivity contribution in [1.82, 2.24) is 4.57 Å². The Kier molecular flexibility index (Phi) is 6.98. The van der Waals surface area contributed by atoms with Gasteiger partial charge in [0, 0.05) is 38.4 Å². The fourth-order valence-electron chi connectivity index (χ4n) is 7.03. The van der Waals surface area contributed by atoms with E-state index in [0.29, 0.717) is 12.4 Å². The van der Waals surface area contributed by atoms with Gasteiger partial charge in [-0.05, 0) is 71.4 Å². The van der Waals surface area contributed by atoms with Crippen LogP contribution in [0.1, 0.15) is 11.1 Å². The number of hydrogen-bond acceptors (Lipinski definition) is 2. The summed E-state index contributed by atoms with van der Waals surface area (Å²) in [5, 5.41) is 4.71. The van der Waals surface area contributed by atoms with Crippen LogP contribution in [0.3, 0.4) is 0 Å². The van der Waals surface area contributed by atoms with E-state index >= 15 is 0 Å². The number of aliphatic imine (C=N–C) groups is 2. The molecule has 7 aromatic carbocycles. The van der Waals surface area contributed by atoms with Gasteiger partial charge >= 0.3 is 0 Å². The van der Waals surface area contributed by atoms with E-state index in [1.165, 1.54) is 21.8 Å². The van der Waals surface area contributed by atoms with E-state index in [1.54, 1.807) is 0 Å². The maximum atomic E-state index is 6.40. The Morgan fingerprint density at radius 1 is 0.551 bits per heavy atom. The van der Waals surface area contributed by atoms with Crippen LogP contribution >= 0.6 is 0 Å². The molecule has 0 spiro atoms. The smallest absolute Gasteiger partial charge is 0.154 e. The van der Waals surface area contributed by atoms with Crippen molar-refractivity contribution in [2.75, 3.05) is 0 Å². The standard InChI is InChI=1S/C45H31N3O/c1-46-45(32-12-3-2-4-13-32)47-29-30-11-9-14-33(27-30)31-21-24-35(25-22-31)48-41-19-7-5-15-37(41)40-28-34(23-26-42(40)48)36-17-10-18-39-38-16-6-8-20-43(38)49-44(36)39/h2-28H,1,29H2/b47-45-. The lowest BCUT2D eigenvalue weighted by atomic mass is 10.0. The third-order valence-electron chi connectivity index (χ3n) is 9.37. The summed E-state index contributed by atoms with van der Waals surface area (Å²) in [5.41, 5.74) is 11.9.